The van der Waals surface area contributed by atoms with E-state index in [-0.39, 0.29) is 0 Å². The fourth-order valence-electron chi connectivity index (χ4n) is 2.11. The van der Waals surface area contributed by atoms with Crippen LogP contribution >= 0.6 is 0 Å². The molecule has 112 valence electrons. The number of nitrogens with zero attached hydrogens (tertiary/aromatic N) is 1. The molecule has 0 unspecified atom stereocenters. The first-order valence-electron chi connectivity index (χ1n) is 6.64. The monoisotopic (exact) mass is 288 g/mol. The molecule has 0 saturated heterocycles. The average Bonchev–Trinajstić information content (AvgIpc) is 2.53. The van der Waals surface area contributed by atoms with Gasteiger partial charge in [0.2, 0.25) is 0 Å². The molecule has 0 spiro atoms. The summed E-state index contributed by atoms with van der Waals surface area (Å²) in [7, 11) is 4.88. The van der Waals surface area contributed by atoms with Gasteiger partial charge in [0.1, 0.15) is 17.2 Å². The van der Waals surface area contributed by atoms with Crippen LogP contribution in [-0.4, -0.2) is 26.3 Å². The smallest absolute Gasteiger partial charge is 0.131 e. The zero-order chi connectivity index (χ0) is 15.2. The Hall–Kier alpha value is -2.43. The Morgan fingerprint density at radius 3 is 2.24 bits per heavy atom. The molecule has 0 radical (unpaired) electrons. The van der Waals surface area contributed by atoms with E-state index in [1.807, 2.05) is 31.2 Å². The van der Waals surface area contributed by atoms with Gasteiger partial charge in [0.15, 0.2) is 0 Å². The van der Waals surface area contributed by atoms with Crippen molar-refractivity contribution >= 4 is 5.69 Å². The van der Waals surface area contributed by atoms with Crippen molar-refractivity contribution in [2.45, 2.75) is 13.5 Å². The predicted octanol–water partition coefficient (Wildman–Crippen LogP) is 3.03. The summed E-state index contributed by atoms with van der Waals surface area (Å²) in [6.07, 6.45) is 1.77. The minimum Gasteiger partial charge on any atom is -0.496 e. The van der Waals surface area contributed by atoms with Crippen LogP contribution in [0.2, 0.25) is 0 Å². The van der Waals surface area contributed by atoms with Crippen LogP contribution in [0.25, 0.3) is 0 Å². The Kier molecular flexibility index (Phi) is 4.87. The van der Waals surface area contributed by atoms with Gasteiger partial charge in [-0.15, -0.1) is 0 Å². The lowest BCUT2D eigenvalue weighted by atomic mass is 10.1. The van der Waals surface area contributed by atoms with Crippen LogP contribution in [-0.2, 0) is 6.54 Å². The van der Waals surface area contributed by atoms with Gasteiger partial charge in [0.05, 0.1) is 38.3 Å². The number of aryl methyl sites for hydroxylation is 1. The number of aromatic nitrogens is 1. The highest BCUT2D eigenvalue weighted by atomic mass is 16.5. The molecule has 5 heteroatoms. The molecule has 2 rings (SSSR count). The standard InChI is InChI=1S/C16H20N2O3/c1-11-14(6-5-7-17-11)18-10-13-15(20-3)8-12(19-2)9-16(13)21-4/h5-9,18H,10H2,1-4H3. The minimum atomic E-state index is 0.572. The van der Waals surface area contributed by atoms with Gasteiger partial charge in [-0.25, -0.2) is 0 Å². The summed E-state index contributed by atoms with van der Waals surface area (Å²) < 4.78 is 16.1. The number of pyridine rings is 1. The summed E-state index contributed by atoms with van der Waals surface area (Å²) in [5, 5.41) is 3.35. The van der Waals surface area contributed by atoms with Gasteiger partial charge >= 0.3 is 0 Å². The highest BCUT2D eigenvalue weighted by molar-refractivity contribution is 5.54. The highest BCUT2D eigenvalue weighted by Crippen LogP contribution is 2.34. The Morgan fingerprint density at radius 1 is 1.05 bits per heavy atom. The predicted molar refractivity (Wildman–Crippen MR) is 82.4 cm³/mol. The SMILES string of the molecule is COc1cc(OC)c(CNc2cccnc2C)c(OC)c1. The molecule has 21 heavy (non-hydrogen) atoms. The topological polar surface area (TPSA) is 52.6 Å². The zero-order valence-corrected chi connectivity index (χ0v) is 12.8. The molecule has 2 aromatic rings. The van der Waals surface area contributed by atoms with Crippen LogP contribution in [0.3, 0.4) is 0 Å². The van der Waals surface area contributed by atoms with Crippen LogP contribution in [0, 0.1) is 6.92 Å². The minimum absolute atomic E-state index is 0.572. The maximum atomic E-state index is 5.43. The van der Waals surface area contributed by atoms with Gasteiger partial charge < -0.3 is 19.5 Å². The maximum Gasteiger partial charge on any atom is 0.131 e. The molecule has 0 bridgehead atoms. The lowest BCUT2D eigenvalue weighted by Crippen LogP contribution is -2.06. The summed E-state index contributed by atoms with van der Waals surface area (Å²) in [5.41, 5.74) is 2.87. The fourth-order valence-corrected chi connectivity index (χ4v) is 2.11. The molecule has 0 atom stereocenters. The first kappa shape index (κ1) is 15.0. The largest absolute Gasteiger partial charge is 0.496 e. The van der Waals surface area contributed by atoms with Crippen LogP contribution in [0.15, 0.2) is 30.5 Å². The zero-order valence-electron chi connectivity index (χ0n) is 12.8. The average molecular weight is 288 g/mol. The molecule has 0 aliphatic rings. The summed E-state index contributed by atoms with van der Waals surface area (Å²) in [6.45, 7) is 2.54. The number of benzene rings is 1. The number of anilines is 1. The van der Waals surface area contributed by atoms with E-state index in [0.717, 1.165) is 28.4 Å². The molecule has 1 aromatic heterocycles. The number of methoxy groups -OCH3 is 3. The van der Waals surface area contributed by atoms with Crippen molar-refractivity contribution < 1.29 is 14.2 Å². The van der Waals surface area contributed by atoms with Crippen molar-refractivity contribution in [3.05, 3.63) is 41.7 Å². The molecular formula is C16H20N2O3. The van der Waals surface area contributed by atoms with Crippen LogP contribution in [0.5, 0.6) is 17.2 Å². The normalized spacial score (nSPS) is 10.1. The van der Waals surface area contributed by atoms with Crippen LogP contribution in [0.1, 0.15) is 11.3 Å². The highest BCUT2D eigenvalue weighted by Gasteiger charge is 2.13. The molecule has 0 fully saturated rings. The fraction of sp³-hybridized carbons (Fsp3) is 0.312. The summed E-state index contributed by atoms with van der Waals surface area (Å²) >= 11 is 0. The quantitative estimate of drug-likeness (QED) is 0.885. The summed E-state index contributed by atoms with van der Waals surface area (Å²) in [4.78, 5) is 4.26. The molecule has 0 amide bonds. The van der Waals surface area contributed by atoms with Crippen molar-refractivity contribution in [3.8, 4) is 17.2 Å². The van der Waals surface area contributed by atoms with Crippen LogP contribution < -0.4 is 19.5 Å². The molecule has 1 heterocycles. The Labute approximate surface area is 124 Å². The van der Waals surface area contributed by atoms with Gasteiger partial charge in [-0.05, 0) is 19.1 Å². The number of nitrogens with one attached hydrogen (secondary N) is 1. The van der Waals surface area contributed by atoms with Crippen molar-refractivity contribution in [3.63, 3.8) is 0 Å². The molecule has 5 nitrogen and oxygen atoms in total. The van der Waals surface area contributed by atoms with E-state index >= 15 is 0 Å². The van der Waals surface area contributed by atoms with E-state index in [9.17, 15) is 0 Å². The van der Waals surface area contributed by atoms with Crippen LogP contribution in [0.4, 0.5) is 5.69 Å². The lowest BCUT2D eigenvalue weighted by Gasteiger charge is -2.16. The van der Waals surface area contributed by atoms with Crippen molar-refractivity contribution in [1.82, 2.24) is 4.98 Å². The molecular weight excluding hydrogens is 268 g/mol. The molecule has 0 aliphatic carbocycles. The number of rotatable bonds is 6. The summed E-state index contributed by atoms with van der Waals surface area (Å²) in [6, 6.07) is 7.58. The number of hydrogen-bond donors (Lipinski definition) is 1. The van der Waals surface area contributed by atoms with E-state index in [1.54, 1.807) is 27.5 Å². The molecule has 0 aliphatic heterocycles. The van der Waals surface area contributed by atoms with E-state index in [2.05, 4.69) is 10.3 Å². The third-order valence-corrected chi connectivity index (χ3v) is 3.28. The van der Waals surface area contributed by atoms with Gasteiger partial charge in [-0.1, -0.05) is 0 Å². The van der Waals surface area contributed by atoms with Gasteiger partial charge in [0.25, 0.3) is 0 Å². The van der Waals surface area contributed by atoms with Gasteiger partial charge in [0, 0.05) is 24.9 Å². The lowest BCUT2D eigenvalue weighted by molar-refractivity contribution is 0.369. The first-order chi connectivity index (χ1) is 10.2. The van der Waals surface area contributed by atoms with E-state index < -0.39 is 0 Å². The second-order valence-corrected chi connectivity index (χ2v) is 4.50. The molecule has 1 N–H and O–H groups in total. The Morgan fingerprint density at radius 2 is 1.71 bits per heavy atom. The van der Waals surface area contributed by atoms with Gasteiger partial charge in [-0.2, -0.15) is 0 Å². The van der Waals surface area contributed by atoms with E-state index in [1.165, 1.54) is 0 Å². The first-order valence-corrected chi connectivity index (χ1v) is 6.64. The Balaban J connectivity index is 2.28. The summed E-state index contributed by atoms with van der Waals surface area (Å²) in [5.74, 6) is 2.14. The third-order valence-electron chi connectivity index (χ3n) is 3.28. The second-order valence-electron chi connectivity index (χ2n) is 4.50. The third kappa shape index (κ3) is 3.37. The van der Waals surface area contributed by atoms with Crippen molar-refractivity contribution in [1.29, 1.82) is 0 Å². The van der Waals surface area contributed by atoms with Gasteiger partial charge in [-0.3, -0.25) is 4.98 Å². The van der Waals surface area contributed by atoms with Crippen molar-refractivity contribution in [2.75, 3.05) is 26.6 Å². The maximum absolute atomic E-state index is 5.43. The van der Waals surface area contributed by atoms with E-state index in [0.29, 0.717) is 12.3 Å². The second kappa shape index (κ2) is 6.83. The molecule has 1 aromatic carbocycles. The molecule has 0 saturated carbocycles. The number of hydrogen-bond acceptors (Lipinski definition) is 5. The van der Waals surface area contributed by atoms with Crippen molar-refractivity contribution in [2.24, 2.45) is 0 Å². The Bertz CT molecular complexity index is 589. The number of ether oxygens (including phenoxy) is 3. The van der Waals surface area contributed by atoms with E-state index in [4.69, 9.17) is 14.2 Å².